The molecule has 1 fully saturated rings. The number of halogens is 1. The fourth-order valence-electron chi connectivity index (χ4n) is 14.1. The Morgan fingerprint density at radius 2 is 1.08 bits per heavy atom. The normalized spacial score (nSPS) is 15.3. The first-order valence-corrected chi connectivity index (χ1v) is 39.8. The summed E-state index contributed by atoms with van der Waals surface area (Å²) in [7, 11) is 0. The van der Waals surface area contributed by atoms with Crippen LogP contribution in [0.4, 0.5) is 14.9 Å². The van der Waals surface area contributed by atoms with E-state index in [1.807, 2.05) is 63.5 Å². The lowest BCUT2D eigenvalue weighted by molar-refractivity contribution is 0.0981. The Morgan fingerprint density at radius 1 is 0.526 bits per heavy atom. The van der Waals surface area contributed by atoms with Crippen molar-refractivity contribution in [1.29, 1.82) is 0 Å². The topological polar surface area (TPSA) is 175 Å². The third kappa shape index (κ3) is 23.1. The molecule has 1 saturated carbocycles. The van der Waals surface area contributed by atoms with Crippen molar-refractivity contribution in [3.05, 3.63) is 294 Å². The number of nitrogens with one attached hydrogen (secondary N) is 5. The Bertz CT molecular complexity index is 5080. The first-order chi connectivity index (χ1) is 52.2. The summed E-state index contributed by atoms with van der Waals surface area (Å²) in [5.41, 5.74) is 26.1. The highest BCUT2D eigenvalue weighted by molar-refractivity contribution is 6.04. The summed E-state index contributed by atoms with van der Waals surface area (Å²) in [4.78, 5) is 68.9. The molecule has 3 aliphatic heterocycles. The van der Waals surface area contributed by atoms with E-state index in [-0.39, 0.29) is 79.1 Å². The molecule has 606 valence electrons. The summed E-state index contributed by atoms with van der Waals surface area (Å²) >= 11 is 0. The largest absolute Gasteiger partial charge is 0.381 e. The van der Waals surface area contributed by atoms with Gasteiger partial charge < -0.3 is 26.3 Å². The Labute approximate surface area is 681 Å². The van der Waals surface area contributed by atoms with Crippen LogP contribution in [-0.4, -0.2) is 38.3 Å². The van der Waals surface area contributed by atoms with Gasteiger partial charge in [0.05, 0.1) is 34.2 Å². The first kappa shape index (κ1) is 91.0. The van der Waals surface area contributed by atoms with Crippen LogP contribution >= 0.6 is 0 Å². The maximum absolute atomic E-state index is 13.2. The number of allylic oxidation sites excluding steroid dienone is 4. The van der Waals surface area contributed by atoms with Crippen LogP contribution in [0.1, 0.15) is 315 Å². The van der Waals surface area contributed by atoms with E-state index in [9.17, 15) is 28.4 Å². The molecule has 13 heteroatoms. The molecule has 114 heavy (non-hydrogen) atoms. The van der Waals surface area contributed by atoms with Gasteiger partial charge in [0.25, 0.3) is 5.56 Å². The van der Waals surface area contributed by atoms with Crippen LogP contribution in [0.3, 0.4) is 0 Å². The average molecular weight is 1540 g/mol. The third-order valence-electron chi connectivity index (χ3n) is 21.4. The maximum Gasteiger partial charge on any atom is 0.323 e. The molecule has 0 bridgehead atoms. The fourth-order valence-corrected chi connectivity index (χ4v) is 14.1. The molecule has 1 spiro atoms. The van der Waals surface area contributed by atoms with Gasteiger partial charge in [-0.3, -0.25) is 24.2 Å². The second-order valence-corrected chi connectivity index (χ2v) is 39.0. The standard InChI is InChI=1S/C15H18O.C13H16N2O.C13H17N.C13H16O.C12H15FO.C12H14N2O.C12H15N.C10H15N.CH4/c1-14(2,3)10-4-5-12-11(8-10)13(16)9-15(12)6-7-15;1-8-9-6-5-7-10(13(2,3)4)11(9)15-12(16)14-8;1-9-10-6-5-7-12(13(2,3)4)11(10)8-14-9;1-13(2,3)10-6-4-9-5-7-12(14)11(9)8-10;1-8(14)10-7-9(12(2,3)4)5-6-11(10)13;1-12(2,3)9-6-4-5-8-10(9)13-7-14-11(8)15;1-12(2,3)10-7-9-5-4-6-11(9)13-8-10;1-8-7-9(5-6-11-8)10(2,3)4;/h4-5,8H,6-7,9H2,1-3H3;5-7H,1H2,2-4H3,(H2,14,15,16);5-7,14H,1,8H2,2-4H3;4,6,8H,5,7H2,1-3H3;5-7H,1-4H3;4-7H,1-3H3,(H,13,14,15);4-5,7-8H,6H2,1-3H3;5-7,11H,1H2,2-4H3;1H4. The molecule has 0 unspecified atom stereocenters. The van der Waals surface area contributed by atoms with Gasteiger partial charge in [-0.1, -0.05) is 284 Å². The Kier molecular flexibility index (Phi) is 28.2. The zero-order valence-corrected chi connectivity index (χ0v) is 72.4. The SMILES string of the molecule is C.C=C1C=C(C(C)(C)C)C=CN1.C=C1NC(=O)Nc2c1cccc2C(C)(C)C.C=C1NCc2c1cccc2C(C)(C)C.CC(=O)c1cc(C(C)(C)C)ccc1F.CC(C)(C)c1ccc2c(c1)C(=O)CC2.CC(C)(C)c1ccc2c(c1)C(=O)CC21CC1.CC(C)(C)c1cccc2c(=O)[nH]cnc12.CC(C)(C)c1cnc2c(c1)C=CC2. The number of amides is 2. The van der Waals surface area contributed by atoms with Crippen LogP contribution < -0.4 is 26.8 Å². The summed E-state index contributed by atoms with van der Waals surface area (Å²) in [6.07, 6.45) is 19.7. The van der Waals surface area contributed by atoms with Crippen molar-refractivity contribution in [3.63, 3.8) is 0 Å². The molecule has 7 aliphatic rings. The Hall–Kier alpha value is -10.1. The predicted molar refractivity (Wildman–Crippen MR) is 478 cm³/mol. The van der Waals surface area contributed by atoms with Gasteiger partial charge in [-0.05, 0) is 185 Å². The van der Waals surface area contributed by atoms with Crippen LogP contribution in [0, 0.1) is 11.2 Å². The number of Topliss-reactive ketones (excluding diaryl/α,β-unsaturated/α-hetero) is 3. The molecule has 4 aliphatic carbocycles. The molecular weight excluding hydrogens is 1410 g/mol. The summed E-state index contributed by atoms with van der Waals surface area (Å²) in [6.45, 7) is 65.9. The predicted octanol–water partition coefficient (Wildman–Crippen LogP) is 24.6. The number of aromatic amines is 1. The van der Waals surface area contributed by atoms with Gasteiger partial charge in [-0.25, -0.2) is 14.2 Å². The Balaban J connectivity index is 0.000000181. The molecule has 0 radical (unpaired) electrons. The maximum atomic E-state index is 13.2. The number of urea groups is 1. The molecular formula is C101H130FN7O5. The zero-order chi connectivity index (χ0) is 84.1. The highest BCUT2D eigenvalue weighted by Gasteiger charge is 2.52. The number of rotatable bonds is 1. The number of ketones is 3. The summed E-state index contributed by atoms with van der Waals surface area (Å²) in [5.74, 6) is 0.00352. The monoisotopic (exact) mass is 1540 g/mol. The minimum atomic E-state index is -0.439. The number of dihydropyridines is 1. The lowest BCUT2D eigenvalue weighted by Gasteiger charge is -2.28. The van der Waals surface area contributed by atoms with Crippen molar-refractivity contribution >= 4 is 57.4 Å². The summed E-state index contributed by atoms with van der Waals surface area (Å²) in [5, 5.41) is 12.5. The molecule has 0 atom stereocenters. The smallest absolute Gasteiger partial charge is 0.323 e. The summed E-state index contributed by atoms with van der Waals surface area (Å²) < 4.78 is 13.2. The van der Waals surface area contributed by atoms with Gasteiger partial charge in [0, 0.05) is 83.0 Å². The molecule has 8 aromatic rings. The molecule has 0 saturated heterocycles. The number of hydrogen-bond donors (Lipinski definition) is 5. The first-order valence-electron chi connectivity index (χ1n) is 39.8. The number of H-pyrrole nitrogens is 1. The number of aromatic nitrogens is 3. The number of nitrogens with zero attached hydrogens (tertiary/aromatic N) is 2. The van der Waals surface area contributed by atoms with Gasteiger partial charge in [0.2, 0.25) is 0 Å². The van der Waals surface area contributed by atoms with E-state index >= 15 is 0 Å². The van der Waals surface area contributed by atoms with Gasteiger partial charge in [0.1, 0.15) is 5.82 Å². The Morgan fingerprint density at radius 3 is 1.64 bits per heavy atom. The molecule has 2 aromatic heterocycles. The molecule has 2 amide bonds. The van der Waals surface area contributed by atoms with E-state index in [0.717, 1.165) is 81.8 Å². The number of fused-ring (bicyclic) bond motifs is 7. The number of carbonyl (C=O) groups excluding carboxylic acids is 4. The van der Waals surface area contributed by atoms with Gasteiger partial charge in [0.15, 0.2) is 17.3 Å². The van der Waals surface area contributed by atoms with E-state index in [0.29, 0.717) is 29.1 Å². The minimum Gasteiger partial charge on any atom is -0.381 e. The van der Waals surface area contributed by atoms with Gasteiger partial charge in [-0.2, -0.15) is 0 Å². The number of anilines is 1. The van der Waals surface area contributed by atoms with Crippen molar-refractivity contribution < 1.29 is 23.6 Å². The van der Waals surface area contributed by atoms with Crippen LogP contribution in [0.5, 0.6) is 0 Å². The van der Waals surface area contributed by atoms with Gasteiger partial charge in [-0.15, -0.1) is 0 Å². The van der Waals surface area contributed by atoms with Crippen LogP contribution in [0.2, 0.25) is 0 Å². The average Bonchev–Trinajstić information content (AvgIpc) is 1.56. The van der Waals surface area contributed by atoms with E-state index in [1.165, 1.54) is 93.5 Å². The lowest BCUT2D eigenvalue weighted by atomic mass is 9.82. The van der Waals surface area contributed by atoms with E-state index in [1.54, 1.807) is 18.2 Å². The van der Waals surface area contributed by atoms with Crippen molar-refractivity contribution in [2.24, 2.45) is 5.41 Å². The molecule has 12 nitrogen and oxygen atoms in total. The van der Waals surface area contributed by atoms with Crippen molar-refractivity contribution in [1.82, 2.24) is 30.9 Å². The minimum absolute atomic E-state index is 0. The quantitative estimate of drug-likeness (QED) is 0.100. The van der Waals surface area contributed by atoms with Crippen LogP contribution in [-0.2, 0) is 62.7 Å². The fraction of sp³-hybridized carbons (Fsp3) is 0.416. The number of hydrogen-bond acceptors (Lipinski definition) is 9. The van der Waals surface area contributed by atoms with Crippen molar-refractivity contribution in [3.8, 4) is 0 Å². The highest BCUT2D eigenvalue weighted by Crippen LogP contribution is 2.57. The van der Waals surface area contributed by atoms with Crippen LogP contribution in [0.25, 0.3) is 28.4 Å². The summed E-state index contributed by atoms with van der Waals surface area (Å²) in [6, 6.07) is 37.8. The molecule has 5 N–H and O–H groups in total. The van der Waals surface area contributed by atoms with E-state index in [4.69, 9.17) is 0 Å². The number of para-hydroxylation sites is 2. The van der Waals surface area contributed by atoms with E-state index < -0.39 is 5.82 Å². The van der Waals surface area contributed by atoms with Gasteiger partial charge >= 0.3 is 6.03 Å². The lowest BCUT2D eigenvalue weighted by Crippen LogP contribution is -2.33. The number of carbonyl (C=O) groups is 4. The number of pyridine rings is 1. The molecule has 5 heterocycles. The molecule has 15 rings (SSSR count). The highest BCUT2D eigenvalue weighted by atomic mass is 19.1. The number of benzene rings is 6. The molecule has 6 aromatic carbocycles. The number of aryl methyl sites for hydroxylation is 1. The second kappa shape index (κ2) is 35.3. The van der Waals surface area contributed by atoms with E-state index in [2.05, 4.69) is 286 Å². The second-order valence-electron chi connectivity index (χ2n) is 39.0. The zero-order valence-electron chi connectivity index (χ0n) is 72.4. The van der Waals surface area contributed by atoms with Crippen molar-refractivity contribution in [2.75, 3.05) is 5.32 Å². The van der Waals surface area contributed by atoms with Crippen LogP contribution in [0.15, 0.2) is 188 Å². The third-order valence-corrected chi connectivity index (χ3v) is 21.4. The van der Waals surface area contributed by atoms with Crippen molar-refractivity contribution in [2.45, 2.75) is 269 Å².